The predicted octanol–water partition coefficient (Wildman–Crippen LogP) is 1.37. The van der Waals surface area contributed by atoms with Crippen molar-refractivity contribution < 1.29 is 13.2 Å². The Hall–Kier alpha value is -1.75. The Bertz CT molecular complexity index is 953. The maximum Gasteiger partial charge on any atom is 0.282 e. The Morgan fingerprint density at radius 2 is 1.70 bits per heavy atom. The minimum Gasteiger partial charge on any atom is -0.375 e. The smallest absolute Gasteiger partial charge is 0.282 e. The molecule has 0 aliphatic carbocycles. The van der Waals surface area contributed by atoms with Gasteiger partial charge < -0.3 is 10.6 Å². The quantitative estimate of drug-likeness (QED) is 0.825. The average Bonchev–Trinajstić information content (AvgIpc) is 3.23. The molecule has 1 aromatic heterocycles. The van der Waals surface area contributed by atoms with E-state index in [4.69, 9.17) is 5.73 Å². The molecule has 8 nitrogen and oxygen atoms in total. The van der Waals surface area contributed by atoms with E-state index in [-0.39, 0.29) is 5.91 Å². The van der Waals surface area contributed by atoms with E-state index >= 15 is 0 Å². The van der Waals surface area contributed by atoms with Crippen molar-refractivity contribution >= 4 is 42.8 Å². The number of amides is 1. The van der Waals surface area contributed by atoms with Gasteiger partial charge in [-0.15, -0.1) is 0 Å². The average molecular weight is 410 g/mol. The first-order valence-corrected chi connectivity index (χ1v) is 11.4. The highest BCUT2D eigenvalue weighted by atomic mass is 32.2. The first-order valence-electron chi connectivity index (χ1n) is 9.16. The van der Waals surface area contributed by atoms with Crippen LogP contribution in [0.2, 0.25) is 0 Å². The highest BCUT2D eigenvalue weighted by Crippen LogP contribution is 2.25. The van der Waals surface area contributed by atoms with Crippen LogP contribution in [0.1, 0.15) is 29.6 Å². The number of rotatable bonds is 3. The molecule has 2 aromatic rings. The molecular formula is C17H23N5O3S2. The Balaban J connectivity index is 1.47. The summed E-state index contributed by atoms with van der Waals surface area (Å²) in [5.41, 5.74) is 7.01. The van der Waals surface area contributed by atoms with Crippen LogP contribution in [0.3, 0.4) is 0 Å². The van der Waals surface area contributed by atoms with Gasteiger partial charge in [0.15, 0.2) is 5.13 Å². The third-order valence-electron chi connectivity index (χ3n) is 5.11. The molecular weight excluding hydrogens is 386 g/mol. The number of aromatic nitrogens is 1. The summed E-state index contributed by atoms with van der Waals surface area (Å²) in [6.07, 6.45) is 2.47. The van der Waals surface area contributed by atoms with Crippen LogP contribution in [0.25, 0.3) is 10.2 Å². The summed E-state index contributed by atoms with van der Waals surface area (Å²) in [5.74, 6) is -0.0936. The second-order valence-corrected chi connectivity index (χ2v) is 9.88. The summed E-state index contributed by atoms with van der Waals surface area (Å²) in [5, 5.41) is 0.479. The van der Waals surface area contributed by atoms with Crippen molar-refractivity contribution in [1.82, 2.24) is 18.5 Å². The van der Waals surface area contributed by atoms with Crippen LogP contribution >= 0.6 is 11.3 Å². The molecule has 10 heteroatoms. The fraction of sp³-hybridized carbons (Fsp3) is 0.529. The van der Waals surface area contributed by atoms with Gasteiger partial charge in [0.25, 0.3) is 16.1 Å². The largest absolute Gasteiger partial charge is 0.375 e. The summed E-state index contributed by atoms with van der Waals surface area (Å²) < 4.78 is 29.6. The molecule has 0 unspecified atom stereocenters. The molecule has 4 rings (SSSR count). The van der Waals surface area contributed by atoms with Gasteiger partial charge in [0.2, 0.25) is 0 Å². The molecule has 3 heterocycles. The number of nitrogens with zero attached hydrogens (tertiary/aromatic N) is 4. The van der Waals surface area contributed by atoms with Crippen molar-refractivity contribution in [2.24, 2.45) is 0 Å². The molecule has 0 bridgehead atoms. The Morgan fingerprint density at radius 3 is 2.48 bits per heavy atom. The molecule has 2 aliphatic heterocycles. The fourth-order valence-corrected chi connectivity index (χ4v) is 6.10. The molecule has 0 spiro atoms. The SMILES string of the molecule is Nc1nc2cc(C(=O)N3CCCN(S(=O)(=O)N4CCCC4)CC3)ccc2s1. The number of hydrogen-bond acceptors (Lipinski definition) is 6. The lowest BCUT2D eigenvalue weighted by atomic mass is 10.2. The number of nitrogen functional groups attached to an aromatic ring is 1. The number of carbonyl (C=O) groups excluding carboxylic acids is 1. The van der Waals surface area contributed by atoms with Crippen molar-refractivity contribution in [2.45, 2.75) is 19.3 Å². The Kier molecular flexibility index (Phi) is 5.06. The van der Waals surface area contributed by atoms with Crippen LogP contribution in [0.4, 0.5) is 5.13 Å². The summed E-state index contributed by atoms with van der Waals surface area (Å²) in [7, 11) is -3.42. The highest BCUT2D eigenvalue weighted by Gasteiger charge is 2.33. The molecule has 2 saturated heterocycles. The lowest BCUT2D eigenvalue weighted by Gasteiger charge is -2.26. The van der Waals surface area contributed by atoms with Crippen molar-refractivity contribution in [3.05, 3.63) is 23.8 Å². The van der Waals surface area contributed by atoms with E-state index in [9.17, 15) is 13.2 Å². The van der Waals surface area contributed by atoms with Crippen molar-refractivity contribution in [1.29, 1.82) is 0 Å². The van der Waals surface area contributed by atoms with Crippen molar-refractivity contribution in [3.8, 4) is 0 Å². The van der Waals surface area contributed by atoms with E-state index in [0.717, 1.165) is 23.1 Å². The van der Waals surface area contributed by atoms with E-state index < -0.39 is 10.2 Å². The van der Waals surface area contributed by atoms with E-state index in [1.165, 1.54) is 15.6 Å². The van der Waals surface area contributed by atoms with Crippen LogP contribution in [-0.4, -0.2) is 72.1 Å². The van der Waals surface area contributed by atoms with Crippen LogP contribution in [0.5, 0.6) is 0 Å². The molecule has 0 saturated carbocycles. The number of carbonyl (C=O) groups is 1. The number of hydrogen-bond donors (Lipinski definition) is 1. The Morgan fingerprint density at radius 1 is 1.00 bits per heavy atom. The molecule has 0 atom stereocenters. The number of anilines is 1. The molecule has 1 amide bonds. The van der Waals surface area contributed by atoms with Crippen LogP contribution in [-0.2, 0) is 10.2 Å². The van der Waals surface area contributed by atoms with Crippen LogP contribution in [0, 0.1) is 0 Å². The summed E-state index contributed by atoms with van der Waals surface area (Å²) in [4.78, 5) is 18.9. The minimum atomic E-state index is -3.42. The maximum atomic E-state index is 12.9. The molecule has 146 valence electrons. The molecule has 1 aromatic carbocycles. The molecule has 2 N–H and O–H groups in total. The van der Waals surface area contributed by atoms with Crippen LogP contribution in [0.15, 0.2) is 18.2 Å². The summed E-state index contributed by atoms with van der Waals surface area (Å²) in [6.45, 7) is 2.91. The number of benzene rings is 1. The lowest BCUT2D eigenvalue weighted by Crippen LogP contribution is -2.44. The van der Waals surface area contributed by atoms with Gasteiger partial charge in [-0.1, -0.05) is 11.3 Å². The van der Waals surface area contributed by atoms with E-state index in [0.29, 0.717) is 56.4 Å². The third-order valence-corrected chi connectivity index (χ3v) is 8.01. The highest BCUT2D eigenvalue weighted by molar-refractivity contribution is 7.86. The second kappa shape index (κ2) is 7.34. The molecule has 2 fully saturated rings. The molecule has 0 radical (unpaired) electrons. The van der Waals surface area contributed by atoms with Gasteiger partial charge in [-0.05, 0) is 37.5 Å². The number of nitrogens with two attached hydrogens (primary N) is 1. The lowest BCUT2D eigenvalue weighted by molar-refractivity contribution is 0.0764. The number of fused-ring (bicyclic) bond motifs is 1. The third kappa shape index (κ3) is 3.66. The first-order chi connectivity index (χ1) is 12.9. The first kappa shape index (κ1) is 18.6. The van der Waals surface area contributed by atoms with Crippen molar-refractivity contribution in [3.63, 3.8) is 0 Å². The van der Waals surface area contributed by atoms with Crippen LogP contribution < -0.4 is 5.73 Å². The van der Waals surface area contributed by atoms with E-state index in [1.54, 1.807) is 21.3 Å². The summed E-state index contributed by atoms with van der Waals surface area (Å²) in [6, 6.07) is 5.40. The normalized spacial score (nSPS) is 20.2. The van der Waals surface area contributed by atoms with Crippen molar-refractivity contribution in [2.75, 3.05) is 45.0 Å². The van der Waals surface area contributed by atoms with Gasteiger partial charge in [-0.25, -0.2) is 4.98 Å². The topological polar surface area (TPSA) is 99.8 Å². The predicted molar refractivity (Wildman–Crippen MR) is 106 cm³/mol. The fourth-order valence-electron chi connectivity index (χ4n) is 3.67. The molecule has 2 aliphatic rings. The molecule has 27 heavy (non-hydrogen) atoms. The van der Waals surface area contributed by atoms with Gasteiger partial charge in [-0.3, -0.25) is 4.79 Å². The van der Waals surface area contributed by atoms with Gasteiger partial charge in [0.05, 0.1) is 10.2 Å². The number of thiazole rings is 1. The minimum absolute atomic E-state index is 0.0936. The van der Waals surface area contributed by atoms with E-state index in [2.05, 4.69) is 4.98 Å². The zero-order valence-electron chi connectivity index (χ0n) is 15.0. The maximum absolute atomic E-state index is 12.9. The van der Waals surface area contributed by atoms with Gasteiger partial charge in [0, 0.05) is 44.8 Å². The second-order valence-electron chi connectivity index (χ2n) is 6.89. The zero-order valence-corrected chi connectivity index (χ0v) is 16.6. The monoisotopic (exact) mass is 409 g/mol. The summed E-state index contributed by atoms with van der Waals surface area (Å²) >= 11 is 1.39. The van der Waals surface area contributed by atoms with Gasteiger partial charge in [0.1, 0.15) is 0 Å². The standard InChI is InChI=1S/C17H23N5O3S2/c18-17-19-14-12-13(4-5-15(14)26-17)16(23)20-6-3-9-22(11-10-20)27(24,25)21-7-1-2-8-21/h4-5,12H,1-3,6-11H2,(H2,18,19). The Labute approximate surface area is 162 Å². The van der Waals surface area contributed by atoms with Gasteiger partial charge in [-0.2, -0.15) is 17.0 Å². The van der Waals surface area contributed by atoms with Gasteiger partial charge >= 0.3 is 0 Å². The van der Waals surface area contributed by atoms with E-state index in [1.807, 2.05) is 6.07 Å². The zero-order chi connectivity index (χ0) is 19.0.